The molecular formula is C21H25NO5. The van der Waals surface area contributed by atoms with Crippen molar-refractivity contribution in [3.8, 4) is 0 Å². The molecule has 1 amide bonds. The van der Waals surface area contributed by atoms with E-state index >= 15 is 0 Å². The van der Waals surface area contributed by atoms with Crippen molar-refractivity contribution < 1.29 is 23.5 Å². The third-order valence-corrected chi connectivity index (χ3v) is 4.38. The highest BCUT2D eigenvalue weighted by Crippen LogP contribution is 2.22. The first-order chi connectivity index (χ1) is 12.6. The Labute approximate surface area is 158 Å². The van der Waals surface area contributed by atoms with E-state index in [2.05, 4.69) is 5.32 Å². The van der Waals surface area contributed by atoms with E-state index in [-0.39, 0.29) is 17.6 Å². The molecular weight excluding hydrogens is 346 g/mol. The monoisotopic (exact) mass is 371 g/mol. The van der Waals surface area contributed by atoms with Crippen LogP contribution in [0.4, 0.5) is 5.69 Å². The quantitative estimate of drug-likeness (QED) is 0.607. The van der Waals surface area contributed by atoms with Gasteiger partial charge in [-0.25, -0.2) is 4.79 Å². The van der Waals surface area contributed by atoms with Gasteiger partial charge in [0.1, 0.15) is 17.1 Å². The number of furan rings is 1. The Kier molecular flexibility index (Phi) is 6.20. The first-order valence-electron chi connectivity index (χ1n) is 8.84. The van der Waals surface area contributed by atoms with E-state index in [0.29, 0.717) is 33.9 Å². The molecule has 0 saturated carbocycles. The Morgan fingerprint density at radius 1 is 0.963 bits per heavy atom. The van der Waals surface area contributed by atoms with Gasteiger partial charge in [0.05, 0.1) is 0 Å². The number of esters is 1. The lowest BCUT2D eigenvalue weighted by molar-refractivity contribution is -0.118. The Bertz CT molecular complexity index is 861. The highest BCUT2D eigenvalue weighted by atomic mass is 16.5. The molecule has 0 saturated heterocycles. The lowest BCUT2D eigenvalue weighted by Crippen LogP contribution is -2.25. The van der Waals surface area contributed by atoms with Crippen LogP contribution in [0.2, 0.25) is 0 Å². The van der Waals surface area contributed by atoms with Crippen molar-refractivity contribution in [1.29, 1.82) is 0 Å². The number of benzene rings is 1. The maximum Gasteiger partial charge on any atom is 0.342 e. The van der Waals surface area contributed by atoms with Crippen molar-refractivity contribution >= 4 is 23.3 Å². The van der Waals surface area contributed by atoms with E-state index in [9.17, 15) is 14.4 Å². The van der Waals surface area contributed by atoms with Crippen LogP contribution in [0, 0.1) is 26.7 Å². The van der Waals surface area contributed by atoms with Gasteiger partial charge in [0, 0.05) is 22.7 Å². The summed E-state index contributed by atoms with van der Waals surface area (Å²) in [5, 5.41) is 2.76. The summed E-state index contributed by atoms with van der Waals surface area (Å²) >= 11 is 0. The molecule has 1 heterocycles. The van der Waals surface area contributed by atoms with Crippen LogP contribution in [0.3, 0.4) is 0 Å². The molecule has 1 aromatic carbocycles. The number of nitrogens with one attached hydrogen (secondary N) is 1. The maximum absolute atomic E-state index is 12.5. The van der Waals surface area contributed by atoms with Gasteiger partial charge in [-0.1, -0.05) is 13.8 Å². The lowest BCUT2D eigenvalue weighted by atomic mass is 10.1. The predicted octanol–water partition coefficient (Wildman–Crippen LogP) is 4.23. The molecule has 0 aliphatic heterocycles. The van der Waals surface area contributed by atoms with Crippen molar-refractivity contribution in [2.45, 2.75) is 47.6 Å². The van der Waals surface area contributed by atoms with Gasteiger partial charge < -0.3 is 14.5 Å². The summed E-state index contributed by atoms with van der Waals surface area (Å²) < 4.78 is 10.8. The van der Waals surface area contributed by atoms with Gasteiger partial charge in [-0.2, -0.15) is 0 Å². The summed E-state index contributed by atoms with van der Waals surface area (Å²) in [4.78, 5) is 36.7. The number of Topliss-reactive ketones (excluding diaryl/α,β-unsaturated/α-hetero) is 1. The predicted molar refractivity (Wildman–Crippen MR) is 102 cm³/mol. The molecule has 6 nitrogen and oxygen atoms in total. The van der Waals surface area contributed by atoms with E-state index in [1.807, 2.05) is 0 Å². The molecule has 27 heavy (non-hydrogen) atoms. The van der Waals surface area contributed by atoms with Gasteiger partial charge in [-0.3, -0.25) is 9.59 Å². The summed E-state index contributed by atoms with van der Waals surface area (Å²) in [6.07, 6.45) is -0.942. The van der Waals surface area contributed by atoms with Gasteiger partial charge in [0.2, 0.25) is 11.7 Å². The topological polar surface area (TPSA) is 85.6 Å². The summed E-state index contributed by atoms with van der Waals surface area (Å²) in [6.45, 7) is 10.4. The van der Waals surface area contributed by atoms with E-state index in [1.54, 1.807) is 58.9 Å². The van der Waals surface area contributed by atoms with E-state index in [4.69, 9.17) is 9.15 Å². The second-order valence-corrected chi connectivity index (χ2v) is 6.85. The Balaban J connectivity index is 2.06. The number of aryl methyl sites for hydroxylation is 2. The average molecular weight is 371 g/mol. The third kappa shape index (κ3) is 4.64. The average Bonchev–Trinajstić information content (AvgIpc) is 2.86. The molecule has 0 bridgehead atoms. The van der Waals surface area contributed by atoms with Crippen molar-refractivity contribution in [3.63, 3.8) is 0 Å². The minimum absolute atomic E-state index is 0.0995. The first kappa shape index (κ1) is 20.4. The fraction of sp³-hybridized carbons (Fsp3) is 0.381. The number of hydrogen-bond donors (Lipinski definition) is 1. The zero-order valence-corrected chi connectivity index (χ0v) is 16.5. The number of rotatable bonds is 6. The van der Waals surface area contributed by atoms with E-state index < -0.39 is 12.1 Å². The molecule has 0 aliphatic rings. The second kappa shape index (κ2) is 8.20. The van der Waals surface area contributed by atoms with Crippen LogP contribution >= 0.6 is 0 Å². The van der Waals surface area contributed by atoms with E-state index in [0.717, 1.165) is 0 Å². The summed E-state index contributed by atoms with van der Waals surface area (Å²) in [6, 6.07) is 6.49. The molecule has 0 unspecified atom stereocenters. The summed E-state index contributed by atoms with van der Waals surface area (Å²) in [5.74, 6) is -0.0109. The number of hydrogen-bond acceptors (Lipinski definition) is 5. The van der Waals surface area contributed by atoms with Crippen LogP contribution in [-0.2, 0) is 9.53 Å². The molecule has 2 aromatic rings. The van der Waals surface area contributed by atoms with E-state index in [1.165, 1.54) is 6.92 Å². The standard InChI is InChI=1S/C21H25NO5/c1-11(2)20(24)22-17-9-7-16(8-10-17)19(23)15(6)27-21(25)18-12(3)13(4)26-14(18)5/h7-11,15H,1-6H3,(H,22,24)/t15-/m0/s1. The van der Waals surface area contributed by atoms with Crippen LogP contribution in [-0.4, -0.2) is 23.8 Å². The molecule has 0 aliphatic carbocycles. The SMILES string of the molecule is Cc1oc(C)c(C(=O)O[C@@H](C)C(=O)c2ccc(NC(=O)C(C)C)cc2)c1C. The zero-order valence-electron chi connectivity index (χ0n) is 16.5. The normalized spacial score (nSPS) is 12.0. The molecule has 0 spiro atoms. The highest BCUT2D eigenvalue weighted by Gasteiger charge is 2.25. The van der Waals surface area contributed by atoms with Crippen molar-refractivity contribution in [2.24, 2.45) is 5.92 Å². The molecule has 144 valence electrons. The molecule has 6 heteroatoms. The maximum atomic E-state index is 12.5. The molecule has 2 rings (SSSR count). The molecule has 0 radical (unpaired) electrons. The fourth-order valence-corrected chi connectivity index (χ4v) is 2.61. The number of carbonyl (C=O) groups is 3. The number of ether oxygens (including phenoxy) is 1. The number of ketones is 1. The van der Waals surface area contributed by atoms with Crippen LogP contribution in [0.15, 0.2) is 28.7 Å². The van der Waals surface area contributed by atoms with Gasteiger partial charge in [-0.15, -0.1) is 0 Å². The minimum atomic E-state index is -0.942. The Hall–Kier alpha value is -2.89. The molecule has 1 N–H and O–H groups in total. The van der Waals surface area contributed by atoms with Crippen LogP contribution in [0.1, 0.15) is 58.6 Å². The Morgan fingerprint density at radius 2 is 1.56 bits per heavy atom. The number of anilines is 1. The largest absolute Gasteiger partial charge is 0.465 e. The van der Waals surface area contributed by atoms with Gasteiger partial charge >= 0.3 is 5.97 Å². The van der Waals surface area contributed by atoms with Crippen molar-refractivity contribution in [1.82, 2.24) is 0 Å². The van der Waals surface area contributed by atoms with Gasteiger partial charge in [0.25, 0.3) is 0 Å². The number of carbonyl (C=O) groups excluding carboxylic acids is 3. The van der Waals surface area contributed by atoms with Gasteiger partial charge in [-0.05, 0) is 52.0 Å². The smallest absolute Gasteiger partial charge is 0.342 e. The van der Waals surface area contributed by atoms with Crippen LogP contribution in [0.5, 0.6) is 0 Å². The highest BCUT2D eigenvalue weighted by molar-refractivity contribution is 6.02. The molecule has 1 aromatic heterocycles. The van der Waals surface area contributed by atoms with Crippen LogP contribution in [0.25, 0.3) is 0 Å². The third-order valence-electron chi connectivity index (χ3n) is 4.38. The second-order valence-electron chi connectivity index (χ2n) is 6.85. The van der Waals surface area contributed by atoms with Crippen molar-refractivity contribution in [2.75, 3.05) is 5.32 Å². The first-order valence-corrected chi connectivity index (χ1v) is 8.84. The minimum Gasteiger partial charge on any atom is -0.465 e. The zero-order chi connectivity index (χ0) is 20.3. The van der Waals surface area contributed by atoms with Crippen molar-refractivity contribution in [3.05, 3.63) is 52.5 Å². The molecule has 1 atom stereocenters. The Morgan fingerprint density at radius 3 is 2.04 bits per heavy atom. The number of amides is 1. The van der Waals surface area contributed by atoms with Gasteiger partial charge in [0.15, 0.2) is 6.10 Å². The fourth-order valence-electron chi connectivity index (χ4n) is 2.61. The lowest BCUT2D eigenvalue weighted by Gasteiger charge is -2.13. The van der Waals surface area contributed by atoms with Crippen LogP contribution < -0.4 is 5.32 Å². The summed E-state index contributed by atoms with van der Waals surface area (Å²) in [7, 11) is 0. The molecule has 0 fully saturated rings. The summed E-state index contributed by atoms with van der Waals surface area (Å²) in [5.41, 5.74) is 2.07.